The van der Waals surface area contributed by atoms with Gasteiger partial charge in [0.05, 0.1) is 10.6 Å². The van der Waals surface area contributed by atoms with Crippen LogP contribution in [0.25, 0.3) is 0 Å². The van der Waals surface area contributed by atoms with Gasteiger partial charge in [0, 0.05) is 14.6 Å². The number of nitrogens with one attached hydrogen (secondary N) is 1. The maximum atomic E-state index is 12.1. The van der Waals surface area contributed by atoms with Crippen LogP contribution in [0.4, 0.5) is 11.4 Å². The summed E-state index contributed by atoms with van der Waals surface area (Å²) in [5.74, 6) is 0. The summed E-state index contributed by atoms with van der Waals surface area (Å²) in [5, 5.41) is 0. The Labute approximate surface area is 177 Å². The fourth-order valence-corrected chi connectivity index (χ4v) is 4.46. The number of hydrogen-bond donors (Lipinski definition) is 2. The molecule has 0 radical (unpaired) electrons. The van der Waals surface area contributed by atoms with Crippen LogP contribution in [-0.2, 0) is 10.0 Å². The van der Waals surface area contributed by atoms with E-state index in [9.17, 15) is 8.42 Å². The molecule has 0 aliphatic carbocycles. The van der Waals surface area contributed by atoms with Crippen molar-refractivity contribution in [1.82, 2.24) is 0 Å². The Hall–Kier alpha value is -1.83. The van der Waals surface area contributed by atoms with E-state index < -0.39 is 10.0 Å². The van der Waals surface area contributed by atoms with Crippen molar-refractivity contribution in [3.8, 4) is 0 Å². The second kappa shape index (κ2) is 9.39. The van der Waals surface area contributed by atoms with Crippen molar-refractivity contribution in [1.29, 1.82) is 0 Å². The summed E-state index contributed by atoms with van der Waals surface area (Å²) in [4.78, 5) is 0.248. The van der Waals surface area contributed by atoms with E-state index in [1.165, 1.54) is 5.56 Å². The van der Waals surface area contributed by atoms with Crippen molar-refractivity contribution >= 4 is 53.3 Å². The lowest BCUT2D eigenvalue weighted by Gasteiger charge is -2.10. The summed E-state index contributed by atoms with van der Waals surface area (Å²) in [5.41, 5.74) is 9.14. The van der Waals surface area contributed by atoms with Gasteiger partial charge in [-0.05, 0) is 93.2 Å². The SMILES string of the molecule is Cc1ccc(N)c(Br)c1.Cc1ccc(NS(=O)(=O)c2ccccc2)c(Br)c1. The number of benzene rings is 3. The zero-order valence-corrected chi connectivity index (χ0v) is 18.9. The van der Waals surface area contributed by atoms with E-state index in [1.54, 1.807) is 36.4 Å². The molecule has 3 aromatic carbocycles. The largest absolute Gasteiger partial charge is 0.398 e. The fraction of sp³-hybridized carbons (Fsp3) is 0.100. The predicted molar refractivity (Wildman–Crippen MR) is 119 cm³/mol. The van der Waals surface area contributed by atoms with Gasteiger partial charge in [-0.2, -0.15) is 0 Å². The van der Waals surface area contributed by atoms with E-state index in [4.69, 9.17) is 5.73 Å². The summed E-state index contributed by atoms with van der Waals surface area (Å²) in [6.07, 6.45) is 0. The molecule has 142 valence electrons. The summed E-state index contributed by atoms with van der Waals surface area (Å²) < 4.78 is 28.5. The average molecular weight is 512 g/mol. The maximum absolute atomic E-state index is 12.1. The van der Waals surface area contributed by atoms with Gasteiger partial charge in [0.1, 0.15) is 0 Å². The van der Waals surface area contributed by atoms with Crippen LogP contribution in [0.3, 0.4) is 0 Å². The maximum Gasteiger partial charge on any atom is 0.261 e. The van der Waals surface area contributed by atoms with Crippen LogP contribution in [0, 0.1) is 13.8 Å². The highest BCUT2D eigenvalue weighted by Gasteiger charge is 2.14. The molecule has 7 heteroatoms. The predicted octanol–water partition coefficient (Wildman–Crippen LogP) is 5.90. The second-order valence-electron chi connectivity index (χ2n) is 5.93. The van der Waals surface area contributed by atoms with Gasteiger partial charge in [-0.3, -0.25) is 4.72 Å². The number of halogens is 2. The summed E-state index contributed by atoms with van der Waals surface area (Å²) >= 11 is 6.67. The molecule has 3 rings (SSSR count). The molecule has 27 heavy (non-hydrogen) atoms. The number of rotatable bonds is 3. The van der Waals surface area contributed by atoms with Crippen LogP contribution in [0.15, 0.2) is 80.6 Å². The lowest BCUT2D eigenvalue weighted by atomic mass is 10.2. The first-order valence-corrected chi connectivity index (χ1v) is 11.1. The smallest absolute Gasteiger partial charge is 0.261 e. The molecule has 0 saturated heterocycles. The normalized spacial score (nSPS) is 10.7. The molecule has 0 spiro atoms. The zero-order chi connectivity index (χ0) is 20.0. The minimum absolute atomic E-state index is 0.248. The van der Waals surface area contributed by atoms with Gasteiger partial charge in [-0.15, -0.1) is 0 Å². The van der Waals surface area contributed by atoms with Gasteiger partial charge >= 0.3 is 0 Å². The lowest BCUT2D eigenvalue weighted by Crippen LogP contribution is -2.13. The zero-order valence-electron chi connectivity index (χ0n) is 14.9. The van der Waals surface area contributed by atoms with E-state index in [0.717, 1.165) is 20.2 Å². The Morgan fingerprint density at radius 3 is 1.89 bits per heavy atom. The third-order valence-corrected chi connectivity index (χ3v) is 6.30. The molecular formula is C20H20Br2N2O2S. The fourth-order valence-electron chi connectivity index (χ4n) is 2.14. The average Bonchev–Trinajstić information content (AvgIpc) is 2.62. The van der Waals surface area contributed by atoms with Gasteiger partial charge < -0.3 is 5.73 Å². The first-order chi connectivity index (χ1) is 12.7. The van der Waals surface area contributed by atoms with E-state index in [0.29, 0.717) is 5.69 Å². The van der Waals surface area contributed by atoms with Crippen molar-refractivity contribution in [3.05, 3.63) is 86.8 Å². The van der Waals surface area contributed by atoms with Crippen LogP contribution in [0.2, 0.25) is 0 Å². The molecule has 0 atom stereocenters. The monoisotopic (exact) mass is 510 g/mol. The highest BCUT2D eigenvalue weighted by Crippen LogP contribution is 2.26. The molecule has 0 aliphatic rings. The minimum atomic E-state index is -3.53. The number of aryl methyl sites for hydroxylation is 2. The van der Waals surface area contributed by atoms with Gasteiger partial charge in [0.2, 0.25) is 0 Å². The Bertz CT molecular complexity index is 1020. The van der Waals surface area contributed by atoms with Crippen molar-refractivity contribution in [2.75, 3.05) is 10.5 Å². The van der Waals surface area contributed by atoms with Gasteiger partial charge in [0.15, 0.2) is 0 Å². The molecule has 0 unspecified atom stereocenters. The van der Waals surface area contributed by atoms with Crippen LogP contribution < -0.4 is 10.5 Å². The van der Waals surface area contributed by atoms with E-state index in [1.807, 2.05) is 44.2 Å². The Morgan fingerprint density at radius 2 is 1.37 bits per heavy atom. The topological polar surface area (TPSA) is 72.2 Å². The molecule has 0 amide bonds. The van der Waals surface area contributed by atoms with Crippen molar-refractivity contribution in [3.63, 3.8) is 0 Å². The molecule has 0 aliphatic heterocycles. The molecule has 4 nitrogen and oxygen atoms in total. The van der Waals surface area contributed by atoms with E-state index in [2.05, 4.69) is 36.6 Å². The first kappa shape index (κ1) is 21.5. The van der Waals surface area contributed by atoms with Crippen molar-refractivity contribution < 1.29 is 8.42 Å². The van der Waals surface area contributed by atoms with E-state index >= 15 is 0 Å². The second-order valence-corrected chi connectivity index (χ2v) is 9.32. The molecule has 0 bridgehead atoms. The third-order valence-electron chi connectivity index (χ3n) is 3.58. The molecule has 0 heterocycles. The Kier molecular flexibility index (Phi) is 7.47. The van der Waals surface area contributed by atoms with Gasteiger partial charge in [0.25, 0.3) is 10.0 Å². The standard InChI is InChI=1S/C13H12BrNO2S.C7H8BrN/c1-10-7-8-13(12(14)9-10)15-18(16,17)11-5-3-2-4-6-11;1-5-2-3-7(9)6(8)4-5/h2-9,15H,1H3;2-4H,9H2,1H3. The van der Waals surface area contributed by atoms with Crippen molar-refractivity contribution in [2.45, 2.75) is 18.7 Å². The molecule has 0 fully saturated rings. The Balaban J connectivity index is 0.000000244. The number of sulfonamides is 1. The van der Waals surface area contributed by atoms with Crippen LogP contribution in [-0.4, -0.2) is 8.42 Å². The highest BCUT2D eigenvalue weighted by atomic mass is 79.9. The molecule has 0 saturated carbocycles. The summed E-state index contributed by atoms with van der Waals surface area (Å²) in [6.45, 7) is 3.98. The lowest BCUT2D eigenvalue weighted by molar-refractivity contribution is 0.601. The highest BCUT2D eigenvalue weighted by molar-refractivity contribution is 9.11. The summed E-state index contributed by atoms with van der Waals surface area (Å²) in [6, 6.07) is 19.6. The van der Waals surface area contributed by atoms with Crippen LogP contribution in [0.1, 0.15) is 11.1 Å². The quantitative estimate of drug-likeness (QED) is 0.430. The van der Waals surface area contributed by atoms with Gasteiger partial charge in [-0.25, -0.2) is 8.42 Å². The molecule has 0 aromatic heterocycles. The van der Waals surface area contributed by atoms with E-state index in [-0.39, 0.29) is 4.90 Å². The Morgan fingerprint density at radius 1 is 0.815 bits per heavy atom. The van der Waals surface area contributed by atoms with Gasteiger partial charge in [-0.1, -0.05) is 30.3 Å². The number of hydrogen-bond acceptors (Lipinski definition) is 3. The number of anilines is 2. The summed E-state index contributed by atoms with van der Waals surface area (Å²) in [7, 11) is -3.53. The number of nitrogen functional groups attached to an aromatic ring is 1. The van der Waals surface area contributed by atoms with Crippen LogP contribution >= 0.6 is 31.9 Å². The first-order valence-electron chi connectivity index (χ1n) is 8.04. The molecule has 3 aromatic rings. The minimum Gasteiger partial charge on any atom is -0.398 e. The molecule has 3 N–H and O–H groups in total. The van der Waals surface area contributed by atoms with Crippen molar-refractivity contribution in [2.24, 2.45) is 0 Å². The number of nitrogens with two attached hydrogens (primary N) is 1. The van der Waals surface area contributed by atoms with Crippen LogP contribution in [0.5, 0.6) is 0 Å². The third kappa shape index (κ3) is 6.37. The molecular weight excluding hydrogens is 492 g/mol.